The van der Waals surface area contributed by atoms with Crippen LogP contribution in [-0.2, 0) is 45.4 Å². The van der Waals surface area contributed by atoms with Crippen LogP contribution in [0.4, 0.5) is 0 Å². The molecule has 0 aliphatic carbocycles. The number of ether oxygens (including phenoxy) is 6. The first kappa shape index (κ1) is 22.2. The van der Waals surface area contributed by atoms with Gasteiger partial charge in [0.2, 0.25) is 0 Å². The summed E-state index contributed by atoms with van der Waals surface area (Å²) in [6.07, 6.45) is 0. The molecule has 0 saturated heterocycles. The lowest BCUT2D eigenvalue weighted by molar-refractivity contribution is 0.173. The van der Waals surface area contributed by atoms with Crippen molar-refractivity contribution in [1.29, 1.82) is 0 Å². The van der Waals surface area contributed by atoms with Crippen LogP contribution < -0.4 is 9.47 Å². The van der Waals surface area contributed by atoms with Crippen molar-refractivity contribution in [1.82, 2.24) is 0 Å². The highest BCUT2D eigenvalue weighted by molar-refractivity contribution is 5.70. The van der Waals surface area contributed by atoms with Gasteiger partial charge in [-0.25, -0.2) is 0 Å². The van der Waals surface area contributed by atoms with Crippen molar-refractivity contribution in [3.8, 4) is 22.6 Å². The van der Waals surface area contributed by atoms with Gasteiger partial charge >= 0.3 is 0 Å². The smallest absolute Gasteiger partial charge is 0.129 e. The Balaban J connectivity index is 2.67. The summed E-state index contributed by atoms with van der Waals surface area (Å²) in [4.78, 5) is 0. The van der Waals surface area contributed by atoms with Crippen molar-refractivity contribution in [2.45, 2.75) is 26.4 Å². The summed E-state index contributed by atoms with van der Waals surface area (Å²) in [5.74, 6) is 1.57. The molecule has 6 heteroatoms. The zero-order valence-corrected chi connectivity index (χ0v) is 17.6. The van der Waals surface area contributed by atoms with Gasteiger partial charge in [0.25, 0.3) is 0 Å². The van der Waals surface area contributed by atoms with Crippen LogP contribution in [-0.4, -0.2) is 42.7 Å². The molecule has 6 nitrogen and oxygen atoms in total. The van der Waals surface area contributed by atoms with Gasteiger partial charge in [-0.15, -0.1) is 0 Å². The Kier molecular flexibility index (Phi) is 8.73. The molecule has 0 saturated carbocycles. The molecule has 2 rings (SSSR count). The van der Waals surface area contributed by atoms with Crippen molar-refractivity contribution in [2.75, 3.05) is 42.7 Å². The van der Waals surface area contributed by atoms with Crippen molar-refractivity contribution in [3.05, 3.63) is 46.5 Å². The van der Waals surface area contributed by atoms with Crippen LogP contribution in [0.25, 0.3) is 11.1 Å². The van der Waals surface area contributed by atoms with Crippen LogP contribution in [0.3, 0.4) is 0 Å². The zero-order valence-electron chi connectivity index (χ0n) is 17.6. The SMILES string of the molecule is COCc1cc(-c2cc(COC)c(OC)c(COC)c2)cc(COC)c1OC. The Hall–Kier alpha value is -2.12. The van der Waals surface area contributed by atoms with Crippen LogP contribution in [0, 0.1) is 0 Å². The van der Waals surface area contributed by atoms with Gasteiger partial charge in [-0.1, -0.05) is 0 Å². The van der Waals surface area contributed by atoms with E-state index in [2.05, 4.69) is 24.3 Å². The second-order valence-electron chi connectivity index (χ2n) is 6.39. The molecular weight excluding hydrogens is 360 g/mol. The lowest BCUT2D eigenvalue weighted by Gasteiger charge is -2.18. The van der Waals surface area contributed by atoms with Gasteiger partial charge in [0.05, 0.1) is 40.6 Å². The molecule has 0 spiro atoms. The minimum atomic E-state index is 0.444. The molecule has 0 radical (unpaired) electrons. The van der Waals surface area contributed by atoms with Gasteiger partial charge in [0.15, 0.2) is 0 Å². The average molecular weight is 390 g/mol. The fourth-order valence-corrected chi connectivity index (χ4v) is 3.42. The lowest BCUT2D eigenvalue weighted by atomic mass is 9.95. The van der Waals surface area contributed by atoms with Gasteiger partial charge in [0, 0.05) is 50.7 Å². The third kappa shape index (κ3) is 5.02. The minimum absolute atomic E-state index is 0.444. The van der Waals surface area contributed by atoms with E-state index in [-0.39, 0.29) is 0 Å². The summed E-state index contributed by atoms with van der Waals surface area (Å²) < 4.78 is 32.7. The highest BCUT2D eigenvalue weighted by Crippen LogP contribution is 2.36. The van der Waals surface area contributed by atoms with E-state index in [0.29, 0.717) is 26.4 Å². The number of hydrogen-bond acceptors (Lipinski definition) is 6. The maximum atomic E-state index is 5.61. The third-order valence-corrected chi connectivity index (χ3v) is 4.43. The topological polar surface area (TPSA) is 55.4 Å². The molecule has 0 atom stereocenters. The van der Waals surface area contributed by atoms with E-state index in [0.717, 1.165) is 44.9 Å². The molecular formula is C22H30O6. The number of hydrogen-bond donors (Lipinski definition) is 0. The van der Waals surface area contributed by atoms with E-state index in [4.69, 9.17) is 28.4 Å². The number of rotatable bonds is 11. The van der Waals surface area contributed by atoms with Gasteiger partial charge in [-0.2, -0.15) is 0 Å². The van der Waals surface area contributed by atoms with Gasteiger partial charge in [-0.3, -0.25) is 0 Å². The Bertz CT molecular complexity index is 652. The monoisotopic (exact) mass is 390 g/mol. The van der Waals surface area contributed by atoms with Gasteiger partial charge in [0.1, 0.15) is 11.5 Å². The second-order valence-corrected chi connectivity index (χ2v) is 6.39. The normalized spacial score (nSPS) is 10.9. The van der Waals surface area contributed by atoms with E-state index < -0.39 is 0 Å². The molecule has 2 aromatic rings. The van der Waals surface area contributed by atoms with Crippen LogP contribution in [0.1, 0.15) is 22.3 Å². The highest BCUT2D eigenvalue weighted by atomic mass is 16.5. The lowest BCUT2D eigenvalue weighted by Crippen LogP contribution is -2.03. The predicted octanol–water partition coefficient (Wildman–Crippen LogP) is 3.96. The first-order valence-corrected chi connectivity index (χ1v) is 8.99. The van der Waals surface area contributed by atoms with Gasteiger partial charge < -0.3 is 28.4 Å². The molecule has 0 heterocycles. The highest BCUT2D eigenvalue weighted by Gasteiger charge is 2.17. The van der Waals surface area contributed by atoms with Crippen molar-refractivity contribution < 1.29 is 28.4 Å². The molecule has 0 amide bonds. The Morgan fingerprint density at radius 1 is 0.464 bits per heavy atom. The molecule has 0 aliphatic rings. The molecule has 28 heavy (non-hydrogen) atoms. The first-order valence-electron chi connectivity index (χ1n) is 8.99. The quantitative estimate of drug-likeness (QED) is 0.579. The third-order valence-electron chi connectivity index (χ3n) is 4.43. The fraction of sp³-hybridized carbons (Fsp3) is 0.455. The maximum absolute atomic E-state index is 5.61. The molecule has 0 unspecified atom stereocenters. The summed E-state index contributed by atoms with van der Waals surface area (Å²) in [5, 5.41) is 0. The molecule has 154 valence electrons. The second kappa shape index (κ2) is 11.0. The van der Waals surface area contributed by atoms with Crippen molar-refractivity contribution in [2.24, 2.45) is 0 Å². The summed E-state index contributed by atoms with van der Waals surface area (Å²) in [7, 11) is 10.00. The first-order chi connectivity index (χ1) is 13.6. The largest absolute Gasteiger partial charge is 0.496 e. The average Bonchev–Trinajstić information content (AvgIpc) is 2.68. The summed E-state index contributed by atoms with van der Waals surface area (Å²) in [6.45, 7) is 1.78. The van der Waals surface area contributed by atoms with E-state index in [1.54, 1.807) is 42.7 Å². The van der Waals surface area contributed by atoms with Crippen molar-refractivity contribution >= 4 is 0 Å². The van der Waals surface area contributed by atoms with E-state index >= 15 is 0 Å². The molecule has 0 fully saturated rings. The maximum Gasteiger partial charge on any atom is 0.129 e. The van der Waals surface area contributed by atoms with Crippen LogP contribution in [0.5, 0.6) is 11.5 Å². The zero-order chi connectivity index (χ0) is 20.5. The standard InChI is InChI=1S/C22H30O6/c1-23-11-17-7-15(8-18(12-24-2)21(17)27-5)16-9-19(13-25-3)22(28-6)20(10-16)14-26-4/h7-10H,11-14H2,1-6H3. The Labute approximate surface area is 167 Å². The Morgan fingerprint density at radius 2 is 0.714 bits per heavy atom. The minimum Gasteiger partial charge on any atom is -0.496 e. The Morgan fingerprint density at radius 3 is 0.893 bits per heavy atom. The van der Waals surface area contributed by atoms with E-state index in [1.807, 2.05) is 0 Å². The molecule has 0 N–H and O–H groups in total. The van der Waals surface area contributed by atoms with Crippen LogP contribution in [0.15, 0.2) is 24.3 Å². The number of methoxy groups -OCH3 is 6. The van der Waals surface area contributed by atoms with E-state index in [1.165, 1.54) is 0 Å². The van der Waals surface area contributed by atoms with Crippen LogP contribution >= 0.6 is 0 Å². The predicted molar refractivity (Wildman–Crippen MR) is 108 cm³/mol. The van der Waals surface area contributed by atoms with Crippen LogP contribution in [0.2, 0.25) is 0 Å². The summed E-state index contributed by atoms with van der Waals surface area (Å²) >= 11 is 0. The molecule has 0 aromatic heterocycles. The molecule has 0 bridgehead atoms. The summed E-state index contributed by atoms with van der Waals surface area (Å²) in [5.41, 5.74) is 5.94. The van der Waals surface area contributed by atoms with Crippen molar-refractivity contribution in [3.63, 3.8) is 0 Å². The molecule has 2 aromatic carbocycles. The van der Waals surface area contributed by atoms with E-state index in [9.17, 15) is 0 Å². The fourth-order valence-electron chi connectivity index (χ4n) is 3.42. The van der Waals surface area contributed by atoms with Gasteiger partial charge in [-0.05, 0) is 35.4 Å². The molecule has 0 aliphatic heterocycles. The number of benzene rings is 2. The summed E-state index contributed by atoms with van der Waals surface area (Å²) in [6, 6.07) is 8.32.